The highest BCUT2D eigenvalue weighted by Gasteiger charge is 2.72. The molecular formula is C20H26N2O4. The number of carbonyl (C=O) groups excluding carboxylic acids is 2. The molecule has 6 heteroatoms. The van der Waals surface area contributed by atoms with Gasteiger partial charge in [0.15, 0.2) is 0 Å². The summed E-state index contributed by atoms with van der Waals surface area (Å²) in [7, 11) is 1.48. The molecule has 3 aliphatic carbocycles. The second-order valence-electron chi connectivity index (χ2n) is 8.11. The number of hydrogen-bond donors (Lipinski definition) is 0. The van der Waals surface area contributed by atoms with E-state index >= 15 is 0 Å². The minimum absolute atomic E-state index is 0.0367. The third kappa shape index (κ3) is 3.07. The number of nitrogens with zero attached hydrogens (tertiary/aromatic N) is 2. The van der Waals surface area contributed by atoms with Crippen molar-refractivity contribution in [3.05, 3.63) is 35.9 Å². The van der Waals surface area contributed by atoms with E-state index in [0.29, 0.717) is 25.1 Å². The summed E-state index contributed by atoms with van der Waals surface area (Å²) < 4.78 is 10.3. The van der Waals surface area contributed by atoms with Crippen LogP contribution in [0.1, 0.15) is 24.8 Å². The average molecular weight is 358 g/mol. The normalized spacial score (nSPS) is 30.1. The fourth-order valence-electron chi connectivity index (χ4n) is 4.97. The summed E-state index contributed by atoms with van der Waals surface area (Å²) in [4.78, 5) is 28.2. The van der Waals surface area contributed by atoms with Crippen LogP contribution < -0.4 is 0 Å². The Morgan fingerprint density at radius 3 is 2.31 bits per heavy atom. The van der Waals surface area contributed by atoms with Crippen LogP contribution in [0.5, 0.6) is 0 Å². The highest BCUT2D eigenvalue weighted by atomic mass is 16.6. The molecule has 0 spiro atoms. The Morgan fingerprint density at radius 2 is 1.69 bits per heavy atom. The molecule has 0 aromatic heterocycles. The third-order valence-electron chi connectivity index (χ3n) is 6.15. The van der Waals surface area contributed by atoms with Crippen LogP contribution in [0.25, 0.3) is 0 Å². The van der Waals surface area contributed by atoms with Crippen LogP contribution in [-0.4, -0.2) is 61.7 Å². The van der Waals surface area contributed by atoms with Crippen molar-refractivity contribution in [1.29, 1.82) is 0 Å². The molecule has 3 saturated carbocycles. The standard InChI is InChI=1S/C20H26N2O4/c1-25-17(23)20-12-19(13-20,14-20)15-21-7-9-22(10-8-21)18(24)26-11-16-5-3-2-4-6-16/h2-6H,7-15H2,1H3. The molecule has 1 saturated heterocycles. The number of ether oxygens (including phenoxy) is 2. The van der Waals surface area contributed by atoms with Gasteiger partial charge in [0.1, 0.15) is 6.61 Å². The molecule has 1 aromatic rings. The topological polar surface area (TPSA) is 59.1 Å². The molecule has 1 aromatic carbocycles. The van der Waals surface area contributed by atoms with Crippen molar-refractivity contribution in [2.75, 3.05) is 39.8 Å². The van der Waals surface area contributed by atoms with Crippen molar-refractivity contribution in [2.24, 2.45) is 10.8 Å². The summed E-state index contributed by atoms with van der Waals surface area (Å²) in [6.45, 7) is 4.48. The third-order valence-corrected chi connectivity index (χ3v) is 6.15. The van der Waals surface area contributed by atoms with Crippen LogP contribution in [0, 0.1) is 10.8 Å². The van der Waals surface area contributed by atoms with Gasteiger partial charge in [-0.05, 0) is 30.2 Å². The number of esters is 1. The van der Waals surface area contributed by atoms with Crippen LogP contribution in [0.2, 0.25) is 0 Å². The van der Waals surface area contributed by atoms with Crippen LogP contribution in [-0.2, 0) is 20.9 Å². The van der Waals surface area contributed by atoms with Crippen LogP contribution in [0.3, 0.4) is 0 Å². The molecule has 4 aliphatic rings. The highest BCUT2D eigenvalue weighted by molar-refractivity contribution is 5.81. The SMILES string of the molecule is COC(=O)C12CC(CN3CCN(C(=O)OCc4ccccc4)CC3)(C1)C2. The Kier molecular flexibility index (Phi) is 4.39. The fraction of sp³-hybridized carbons (Fsp3) is 0.600. The van der Waals surface area contributed by atoms with Gasteiger partial charge in [-0.3, -0.25) is 9.69 Å². The lowest BCUT2D eigenvalue weighted by atomic mass is 9.35. The smallest absolute Gasteiger partial charge is 0.410 e. The summed E-state index contributed by atoms with van der Waals surface area (Å²) in [5.74, 6) is -0.0367. The molecule has 6 nitrogen and oxygen atoms in total. The average Bonchev–Trinajstić information content (AvgIpc) is 2.62. The zero-order chi connectivity index (χ0) is 18.2. The van der Waals surface area contributed by atoms with E-state index in [0.717, 1.165) is 44.5 Å². The van der Waals surface area contributed by atoms with E-state index in [-0.39, 0.29) is 17.5 Å². The van der Waals surface area contributed by atoms with Gasteiger partial charge in [0.25, 0.3) is 0 Å². The molecule has 1 amide bonds. The van der Waals surface area contributed by atoms with Crippen LogP contribution >= 0.6 is 0 Å². The zero-order valence-electron chi connectivity index (χ0n) is 15.3. The second-order valence-corrected chi connectivity index (χ2v) is 8.11. The number of piperazine rings is 1. The molecule has 26 heavy (non-hydrogen) atoms. The molecule has 0 radical (unpaired) electrons. The van der Waals surface area contributed by atoms with E-state index < -0.39 is 0 Å². The molecule has 0 N–H and O–H groups in total. The lowest BCUT2D eigenvalue weighted by Crippen LogP contribution is -2.69. The Morgan fingerprint density at radius 1 is 1.04 bits per heavy atom. The summed E-state index contributed by atoms with van der Waals surface area (Å²) in [5, 5.41) is 0. The van der Waals surface area contributed by atoms with E-state index in [9.17, 15) is 9.59 Å². The molecule has 0 atom stereocenters. The first-order chi connectivity index (χ1) is 12.5. The maximum atomic E-state index is 12.2. The largest absolute Gasteiger partial charge is 0.469 e. The fourth-order valence-corrected chi connectivity index (χ4v) is 4.97. The van der Waals surface area contributed by atoms with E-state index in [4.69, 9.17) is 9.47 Å². The number of carbonyl (C=O) groups is 2. The number of benzene rings is 1. The lowest BCUT2D eigenvalue weighted by Gasteiger charge is -2.69. The Hall–Kier alpha value is -2.08. The predicted octanol–water partition coefficient (Wildman–Crippen LogP) is 2.28. The first-order valence-corrected chi connectivity index (χ1v) is 9.31. The van der Waals surface area contributed by atoms with Gasteiger partial charge < -0.3 is 14.4 Å². The van der Waals surface area contributed by atoms with Gasteiger partial charge >= 0.3 is 12.1 Å². The second kappa shape index (κ2) is 6.58. The molecule has 2 bridgehead atoms. The van der Waals surface area contributed by atoms with E-state index in [1.54, 1.807) is 4.90 Å². The van der Waals surface area contributed by atoms with Crippen molar-refractivity contribution < 1.29 is 19.1 Å². The van der Waals surface area contributed by atoms with Gasteiger partial charge in [-0.2, -0.15) is 0 Å². The van der Waals surface area contributed by atoms with Gasteiger partial charge in [0, 0.05) is 32.7 Å². The van der Waals surface area contributed by atoms with E-state index in [1.165, 1.54) is 7.11 Å². The van der Waals surface area contributed by atoms with Crippen molar-refractivity contribution in [3.8, 4) is 0 Å². The van der Waals surface area contributed by atoms with Crippen LogP contribution in [0.4, 0.5) is 4.79 Å². The molecule has 0 unspecified atom stereocenters. The molecular weight excluding hydrogens is 332 g/mol. The first-order valence-electron chi connectivity index (χ1n) is 9.31. The van der Waals surface area contributed by atoms with Gasteiger partial charge in [-0.1, -0.05) is 30.3 Å². The lowest BCUT2D eigenvalue weighted by molar-refractivity contribution is -0.231. The maximum Gasteiger partial charge on any atom is 0.410 e. The van der Waals surface area contributed by atoms with E-state index in [1.807, 2.05) is 30.3 Å². The van der Waals surface area contributed by atoms with Crippen molar-refractivity contribution >= 4 is 12.1 Å². The summed E-state index contributed by atoms with van der Waals surface area (Å²) in [5.41, 5.74) is 1.14. The number of hydrogen-bond acceptors (Lipinski definition) is 5. The maximum absolute atomic E-state index is 12.2. The Bertz CT molecular complexity index is 663. The summed E-state index contributed by atoms with van der Waals surface area (Å²) in [6, 6.07) is 9.74. The zero-order valence-corrected chi connectivity index (χ0v) is 15.3. The highest BCUT2D eigenvalue weighted by Crippen LogP contribution is 2.73. The number of rotatable bonds is 5. The van der Waals surface area contributed by atoms with Crippen molar-refractivity contribution in [2.45, 2.75) is 25.9 Å². The Labute approximate surface area is 154 Å². The number of amides is 1. The first kappa shape index (κ1) is 17.3. The van der Waals surface area contributed by atoms with Crippen molar-refractivity contribution in [3.63, 3.8) is 0 Å². The summed E-state index contributed by atoms with van der Waals surface area (Å²) in [6.07, 6.45) is 2.66. The van der Waals surface area contributed by atoms with Gasteiger partial charge in [0.05, 0.1) is 12.5 Å². The van der Waals surface area contributed by atoms with Gasteiger partial charge in [-0.15, -0.1) is 0 Å². The minimum Gasteiger partial charge on any atom is -0.469 e. The summed E-state index contributed by atoms with van der Waals surface area (Å²) >= 11 is 0. The monoisotopic (exact) mass is 358 g/mol. The van der Waals surface area contributed by atoms with Crippen molar-refractivity contribution in [1.82, 2.24) is 9.80 Å². The van der Waals surface area contributed by atoms with Crippen LogP contribution in [0.15, 0.2) is 30.3 Å². The molecule has 5 rings (SSSR count). The quantitative estimate of drug-likeness (QED) is 0.756. The molecule has 1 aliphatic heterocycles. The van der Waals surface area contributed by atoms with E-state index in [2.05, 4.69) is 4.90 Å². The predicted molar refractivity (Wildman–Crippen MR) is 95.4 cm³/mol. The molecule has 4 fully saturated rings. The minimum atomic E-state index is -0.233. The van der Waals surface area contributed by atoms with Gasteiger partial charge in [-0.25, -0.2) is 4.79 Å². The Balaban J connectivity index is 1.18. The number of methoxy groups -OCH3 is 1. The molecule has 140 valence electrons. The van der Waals surface area contributed by atoms with Gasteiger partial charge in [0.2, 0.25) is 0 Å². The molecule has 1 heterocycles.